The van der Waals surface area contributed by atoms with Crippen molar-refractivity contribution >= 4 is 16.6 Å². The molecule has 0 radical (unpaired) electrons. The number of nitrogens with one attached hydrogen (secondary N) is 1. The van der Waals surface area contributed by atoms with E-state index in [4.69, 9.17) is 4.42 Å². The molecule has 1 atom stereocenters. The third-order valence-corrected chi connectivity index (χ3v) is 7.92. The number of aryl methyl sites for hydroxylation is 3. The minimum atomic E-state index is -0.412. The van der Waals surface area contributed by atoms with Crippen LogP contribution in [0.5, 0.6) is 0 Å². The summed E-state index contributed by atoms with van der Waals surface area (Å²) in [6.45, 7) is 12.0. The van der Waals surface area contributed by atoms with Crippen LogP contribution >= 0.6 is 0 Å². The molecule has 0 amide bonds. The van der Waals surface area contributed by atoms with Gasteiger partial charge in [0.05, 0.1) is 6.26 Å². The summed E-state index contributed by atoms with van der Waals surface area (Å²) in [5, 5.41) is 13.8. The van der Waals surface area contributed by atoms with E-state index in [0.29, 0.717) is 17.9 Å². The van der Waals surface area contributed by atoms with E-state index in [1.807, 2.05) is 31.2 Å². The Balaban J connectivity index is 1.40. The lowest BCUT2D eigenvalue weighted by Crippen LogP contribution is -2.49. The Morgan fingerprint density at radius 3 is 2.56 bits per heavy atom. The summed E-state index contributed by atoms with van der Waals surface area (Å²) in [4.78, 5) is 21.5. The molecule has 0 saturated carbocycles. The first-order valence-electron chi connectivity index (χ1n) is 13.4. The van der Waals surface area contributed by atoms with Crippen molar-refractivity contribution in [2.24, 2.45) is 0 Å². The van der Waals surface area contributed by atoms with Crippen LogP contribution in [0.4, 0.5) is 5.69 Å². The SMILES string of the molecule is Cc1cc(C)c2cc(C(c3nnnn3Cc3ccco3)N3CCN(c4cccc(C)c4C)CC3)c(=O)[nH]c2c1. The number of hydrogen-bond donors (Lipinski definition) is 1. The molecule has 4 heterocycles. The fourth-order valence-electron chi connectivity index (χ4n) is 5.76. The summed E-state index contributed by atoms with van der Waals surface area (Å²) in [5.74, 6) is 1.38. The highest BCUT2D eigenvalue weighted by molar-refractivity contribution is 5.83. The number of aromatic amines is 1. The first kappa shape index (κ1) is 25.1. The van der Waals surface area contributed by atoms with Crippen LogP contribution in [0.25, 0.3) is 10.9 Å². The zero-order valence-electron chi connectivity index (χ0n) is 22.8. The average Bonchev–Trinajstić information content (AvgIpc) is 3.60. The van der Waals surface area contributed by atoms with Crippen LogP contribution in [0, 0.1) is 27.7 Å². The molecule has 1 N–H and O–H groups in total. The maximum Gasteiger partial charge on any atom is 0.253 e. The van der Waals surface area contributed by atoms with Crippen molar-refractivity contribution in [2.45, 2.75) is 40.3 Å². The Bertz CT molecular complexity index is 1680. The number of tetrazole rings is 1. The van der Waals surface area contributed by atoms with Crippen LogP contribution in [-0.2, 0) is 6.54 Å². The molecule has 1 unspecified atom stereocenters. The first-order chi connectivity index (χ1) is 18.9. The van der Waals surface area contributed by atoms with Gasteiger partial charge in [-0.05, 0) is 90.7 Å². The van der Waals surface area contributed by atoms with Gasteiger partial charge < -0.3 is 14.3 Å². The van der Waals surface area contributed by atoms with E-state index in [1.54, 1.807) is 10.9 Å². The van der Waals surface area contributed by atoms with E-state index in [9.17, 15) is 4.79 Å². The Hall–Kier alpha value is -4.24. The molecule has 1 aliphatic heterocycles. The van der Waals surface area contributed by atoms with Crippen LogP contribution < -0.4 is 10.5 Å². The third-order valence-electron chi connectivity index (χ3n) is 7.92. The van der Waals surface area contributed by atoms with Gasteiger partial charge in [0.2, 0.25) is 0 Å². The molecule has 9 nitrogen and oxygen atoms in total. The number of fused-ring (bicyclic) bond motifs is 1. The zero-order valence-corrected chi connectivity index (χ0v) is 22.8. The third kappa shape index (κ3) is 4.74. The molecule has 39 heavy (non-hydrogen) atoms. The summed E-state index contributed by atoms with van der Waals surface area (Å²) in [6, 6.07) is 16.0. The van der Waals surface area contributed by atoms with Gasteiger partial charge in [-0.15, -0.1) is 5.10 Å². The number of pyridine rings is 1. The number of H-pyrrole nitrogens is 1. The van der Waals surface area contributed by atoms with Gasteiger partial charge >= 0.3 is 0 Å². The normalized spacial score (nSPS) is 15.2. The van der Waals surface area contributed by atoms with Gasteiger partial charge in [0, 0.05) is 48.3 Å². The lowest BCUT2D eigenvalue weighted by Gasteiger charge is -2.40. The molecule has 0 bridgehead atoms. The maximum atomic E-state index is 13.6. The van der Waals surface area contributed by atoms with Gasteiger partial charge in [0.15, 0.2) is 5.82 Å². The molecule has 0 aliphatic carbocycles. The van der Waals surface area contributed by atoms with Gasteiger partial charge in [-0.2, -0.15) is 0 Å². The summed E-state index contributed by atoms with van der Waals surface area (Å²) in [5.41, 5.74) is 7.46. The highest BCUT2D eigenvalue weighted by Gasteiger charge is 2.33. The number of benzene rings is 2. The van der Waals surface area contributed by atoms with Crippen molar-refractivity contribution < 1.29 is 4.42 Å². The predicted octanol–water partition coefficient (Wildman–Crippen LogP) is 4.30. The van der Waals surface area contributed by atoms with Crippen molar-refractivity contribution in [3.05, 3.63) is 105 Å². The van der Waals surface area contributed by atoms with Crippen molar-refractivity contribution in [3.8, 4) is 0 Å². The molecular weight excluding hydrogens is 490 g/mol. The highest BCUT2D eigenvalue weighted by Crippen LogP contribution is 2.31. The zero-order chi connectivity index (χ0) is 27.1. The molecule has 5 aromatic rings. The second-order valence-corrected chi connectivity index (χ2v) is 10.5. The van der Waals surface area contributed by atoms with Gasteiger partial charge in [0.25, 0.3) is 5.56 Å². The van der Waals surface area contributed by atoms with E-state index >= 15 is 0 Å². The summed E-state index contributed by atoms with van der Waals surface area (Å²) < 4.78 is 7.32. The molecule has 9 heteroatoms. The number of furan rings is 1. The second-order valence-electron chi connectivity index (χ2n) is 10.5. The number of anilines is 1. The van der Waals surface area contributed by atoms with E-state index in [-0.39, 0.29) is 5.56 Å². The maximum absolute atomic E-state index is 13.6. The number of rotatable bonds is 6. The predicted molar refractivity (Wildman–Crippen MR) is 151 cm³/mol. The lowest BCUT2D eigenvalue weighted by atomic mass is 9.99. The number of hydrogen-bond acceptors (Lipinski definition) is 7. The first-order valence-corrected chi connectivity index (χ1v) is 13.4. The molecular formula is C30H33N7O2. The van der Waals surface area contributed by atoms with E-state index in [2.05, 4.69) is 75.3 Å². The fraction of sp³-hybridized carbons (Fsp3) is 0.333. The molecule has 1 saturated heterocycles. The van der Waals surface area contributed by atoms with Crippen molar-refractivity contribution in [3.63, 3.8) is 0 Å². The quantitative estimate of drug-likeness (QED) is 0.354. The number of piperazine rings is 1. The Morgan fingerprint density at radius 1 is 0.974 bits per heavy atom. The molecule has 1 fully saturated rings. The molecule has 6 rings (SSSR count). The Kier molecular flexibility index (Phi) is 6.52. The van der Waals surface area contributed by atoms with Crippen molar-refractivity contribution in [1.29, 1.82) is 0 Å². The average molecular weight is 524 g/mol. The Morgan fingerprint density at radius 2 is 1.79 bits per heavy atom. The van der Waals surface area contributed by atoms with Gasteiger partial charge in [-0.25, -0.2) is 4.68 Å². The Labute approximate surface area is 227 Å². The van der Waals surface area contributed by atoms with Crippen LogP contribution in [0.3, 0.4) is 0 Å². The van der Waals surface area contributed by atoms with E-state index in [0.717, 1.165) is 54.0 Å². The summed E-state index contributed by atoms with van der Waals surface area (Å²) >= 11 is 0. The van der Waals surface area contributed by atoms with Crippen molar-refractivity contribution in [2.75, 3.05) is 31.1 Å². The largest absolute Gasteiger partial charge is 0.467 e. The highest BCUT2D eigenvalue weighted by atomic mass is 16.3. The van der Waals surface area contributed by atoms with E-state index < -0.39 is 6.04 Å². The molecule has 3 aromatic heterocycles. The van der Waals surface area contributed by atoms with Gasteiger partial charge in [-0.3, -0.25) is 9.69 Å². The van der Waals surface area contributed by atoms with Crippen LogP contribution in [0.1, 0.15) is 45.4 Å². The monoisotopic (exact) mass is 523 g/mol. The lowest BCUT2D eigenvalue weighted by molar-refractivity contribution is 0.200. The molecule has 2 aromatic carbocycles. The fourth-order valence-corrected chi connectivity index (χ4v) is 5.76. The standard InChI is InChI=1S/C30H33N7O2/c1-19-15-21(3)24-17-25(30(38)31-26(24)16-19)28(29-32-33-34-37(29)18-23-8-6-14-39-23)36-12-10-35(11-13-36)27-9-5-7-20(2)22(27)4/h5-9,14-17,28H,10-13,18H2,1-4H3,(H,31,38). The van der Waals surface area contributed by atoms with Gasteiger partial charge in [0.1, 0.15) is 18.3 Å². The van der Waals surface area contributed by atoms with Crippen LogP contribution in [0.2, 0.25) is 0 Å². The number of nitrogens with zero attached hydrogens (tertiary/aromatic N) is 6. The minimum Gasteiger partial charge on any atom is -0.467 e. The molecule has 200 valence electrons. The van der Waals surface area contributed by atoms with Gasteiger partial charge in [-0.1, -0.05) is 18.2 Å². The van der Waals surface area contributed by atoms with Crippen LogP contribution in [-0.4, -0.2) is 56.3 Å². The summed E-state index contributed by atoms with van der Waals surface area (Å²) in [6.07, 6.45) is 1.64. The van der Waals surface area contributed by atoms with Crippen molar-refractivity contribution in [1.82, 2.24) is 30.1 Å². The topological polar surface area (TPSA) is 96.1 Å². The number of aromatic nitrogens is 5. The van der Waals surface area contributed by atoms with Crippen LogP contribution in [0.15, 0.2) is 64.0 Å². The molecule has 1 aliphatic rings. The molecule has 0 spiro atoms. The van der Waals surface area contributed by atoms with E-state index in [1.165, 1.54) is 16.8 Å². The minimum absolute atomic E-state index is 0.123. The summed E-state index contributed by atoms with van der Waals surface area (Å²) in [7, 11) is 0. The second kappa shape index (κ2) is 10.1. The smallest absolute Gasteiger partial charge is 0.253 e.